The average Bonchev–Trinajstić information content (AvgIpc) is 2.51. The molecule has 0 fully saturated rings. The number of alkyl halides is 3. The van der Waals surface area contributed by atoms with Gasteiger partial charge < -0.3 is 10.5 Å². The van der Waals surface area contributed by atoms with Crippen molar-refractivity contribution in [1.29, 1.82) is 0 Å². The summed E-state index contributed by atoms with van der Waals surface area (Å²) in [6.07, 6.45) is -4.48. The first-order chi connectivity index (χ1) is 11.2. The molecule has 2 aromatic carbocycles. The van der Waals surface area contributed by atoms with Gasteiger partial charge in [0, 0.05) is 11.3 Å². The zero-order chi connectivity index (χ0) is 17.9. The van der Waals surface area contributed by atoms with Crippen LogP contribution in [0.2, 0.25) is 0 Å². The van der Waals surface area contributed by atoms with E-state index in [2.05, 4.69) is 10.5 Å². The molecule has 0 atom stereocenters. The first-order valence-corrected chi connectivity index (χ1v) is 7.01. The maximum atomic E-state index is 12.6. The van der Waals surface area contributed by atoms with Gasteiger partial charge in [0.2, 0.25) is 0 Å². The van der Waals surface area contributed by atoms with Crippen LogP contribution in [0.3, 0.4) is 0 Å². The predicted octanol–water partition coefficient (Wildman–Crippen LogP) is 4.14. The van der Waals surface area contributed by atoms with Crippen LogP contribution in [0.25, 0.3) is 0 Å². The van der Waals surface area contributed by atoms with Crippen molar-refractivity contribution in [3.63, 3.8) is 0 Å². The molecule has 0 saturated carbocycles. The molecule has 0 aliphatic carbocycles. The maximum absolute atomic E-state index is 12.6. The second-order valence-corrected chi connectivity index (χ2v) is 5.24. The zero-order valence-electron chi connectivity index (χ0n) is 13.0. The highest BCUT2D eigenvalue weighted by Crippen LogP contribution is 2.29. The molecule has 2 aromatic rings. The number of carbonyl (C=O) groups is 1. The molecule has 0 aliphatic rings. The Balaban J connectivity index is 2.27. The van der Waals surface area contributed by atoms with Crippen molar-refractivity contribution >= 4 is 17.3 Å². The lowest BCUT2D eigenvalue weighted by molar-refractivity contribution is -0.137. The molecule has 0 aliphatic heterocycles. The van der Waals surface area contributed by atoms with Gasteiger partial charge in [0.15, 0.2) is 5.71 Å². The summed E-state index contributed by atoms with van der Waals surface area (Å²) in [7, 11) is 0. The van der Waals surface area contributed by atoms with E-state index in [4.69, 9.17) is 5.21 Å². The van der Waals surface area contributed by atoms with Crippen LogP contribution < -0.4 is 5.32 Å². The molecule has 0 heterocycles. The molecular weight excluding hydrogens is 321 g/mol. The number of halogens is 3. The summed E-state index contributed by atoms with van der Waals surface area (Å²) in [5.74, 6) is -0.713. The van der Waals surface area contributed by atoms with Crippen molar-refractivity contribution in [3.8, 4) is 0 Å². The number of amides is 1. The Bertz CT molecular complexity index is 761. The van der Waals surface area contributed by atoms with Crippen LogP contribution in [0.5, 0.6) is 0 Å². The molecule has 126 valence electrons. The Morgan fingerprint density at radius 2 is 1.58 bits per heavy atom. The van der Waals surface area contributed by atoms with Crippen molar-refractivity contribution in [2.45, 2.75) is 20.0 Å². The molecule has 0 radical (unpaired) electrons. The van der Waals surface area contributed by atoms with Gasteiger partial charge in [0.1, 0.15) is 0 Å². The summed E-state index contributed by atoms with van der Waals surface area (Å²) in [6.45, 7) is 3.60. The van der Waals surface area contributed by atoms with Crippen LogP contribution in [0, 0.1) is 13.8 Å². The minimum Gasteiger partial charge on any atom is -0.410 e. The topological polar surface area (TPSA) is 61.7 Å². The Hall–Kier alpha value is -2.83. The second kappa shape index (κ2) is 6.74. The molecular formula is C17H15F3N2O2. The van der Waals surface area contributed by atoms with Gasteiger partial charge in [-0.2, -0.15) is 13.2 Å². The van der Waals surface area contributed by atoms with Crippen LogP contribution >= 0.6 is 0 Å². The van der Waals surface area contributed by atoms with Gasteiger partial charge in [0.05, 0.1) is 5.56 Å². The van der Waals surface area contributed by atoms with Crippen molar-refractivity contribution < 1.29 is 23.2 Å². The minimum absolute atomic E-state index is 0.0780. The number of oxime groups is 1. The van der Waals surface area contributed by atoms with E-state index < -0.39 is 17.6 Å². The van der Waals surface area contributed by atoms with Crippen LogP contribution in [-0.2, 0) is 11.0 Å². The third kappa shape index (κ3) is 3.73. The highest BCUT2D eigenvalue weighted by molar-refractivity contribution is 6.48. The molecule has 2 rings (SSSR count). The summed E-state index contributed by atoms with van der Waals surface area (Å²) in [5.41, 5.74) is 1.05. The van der Waals surface area contributed by atoms with E-state index in [9.17, 15) is 18.0 Å². The number of benzene rings is 2. The number of aryl methyl sites for hydroxylation is 2. The Kier molecular flexibility index (Phi) is 4.92. The van der Waals surface area contributed by atoms with E-state index in [1.54, 1.807) is 26.0 Å². The number of nitrogens with one attached hydrogen (secondary N) is 1. The van der Waals surface area contributed by atoms with Gasteiger partial charge in [-0.15, -0.1) is 0 Å². The molecule has 2 N–H and O–H groups in total. The smallest absolute Gasteiger partial charge is 0.410 e. The molecule has 7 heteroatoms. The number of para-hydroxylation sites is 1. The van der Waals surface area contributed by atoms with Crippen molar-refractivity contribution in [3.05, 3.63) is 64.7 Å². The van der Waals surface area contributed by atoms with E-state index in [0.717, 1.165) is 35.4 Å². The first-order valence-electron chi connectivity index (χ1n) is 7.01. The lowest BCUT2D eigenvalue weighted by atomic mass is 10.1. The van der Waals surface area contributed by atoms with Gasteiger partial charge >= 0.3 is 6.18 Å². The number of carbonyl (C=O) groups excluding carboxylic acids is 1. The SMILES string of the molecule is Cc1cccc(C)c1NC(=O)/C(=N\O)c1ccc(C(F)(F)F)cc1. The van der Waals surface area contributed by atoms with Crippen LogP contribution in [-0.4, -0.2) is 16.8 Å². The van der Waals surface area contributed by atoms with Crippen molar-refractivity contribution in [2.75, 3.05) is 5.32 Å². The summed E-state index contributed by atoms with van der Waals surface area (Å²) in [6, 6.07) is 9.26. The summed E-state index contributed by atoms with van der Waals surface area (Å²) >= 11 is 0. The fraction of sp³-hybridized carbons (Fsp3) is 0.176. The normalized spacial score (nSPS) is 12.1. The van der Waals surface area contributed by atoms with Gasteiger partial charge in [-0.05, 0) is 37.1 Å². The highest BCUT2D eigenvalue weighted by Gasteiger charge is 2.30. The highest BCUT2D eigenvalue weighted by atomic mass is 19.4. The van der Waals surface area contributed by atoms with Gasteiger partial charge in [-0.25, -0.2) is 0 Å². The van der Waals surface area contributed by atoms with Gasteiger partial charge in [-0.1, -0.05) is 35.5 Å². The molecule has 0 aromatic heterocycles. The molecule has 1 amide bonds. The molecule has 0 saturated heterocycles. The average molecular weight is 336 g/mol. The van der Waals surface area contributed by atoms with Gasteiger partial charge in [-0.3, -0.25) is 4.79 Å². The molecule has 24 heavy (non-hydrogen) atoms. The fourth-order valence-corrected chi connectivity index (χ4v) is 2.24. The fourth-order valence-electron chi connectivity index (χ4n) is 2.24. The quantitative estimate of drug-likeness (QED) is 0.503. The second-order valence-electron chi connectivity index (χ2n) is 5.24. The third-order valence-corrected chi connectivity index (χ3v) is 3.52. The summed E-state index contributed by atoms with van der Waals surface area (Å²) in [5, 5.41) is 14.7. The monoisotopic (exact) mass is 336 g/mol. The van der Waals surface area contributed by atoms with E-state index in [0.29, 0.717) is 5.69 Å². The number of rotatable bonds is 3. The maximum Gasteiger partial charge on any atom is 0.416 e. The number of anilines is 1. The van der Waals surface area contributed by atoms with Crippen LogP contribution in [0.1, 0.15) is 22.3 Å². The number of nitrogens with zero attached hydrogens (tertiary/aromatic N) is 1. The molecule has 4 nitrogen and oxygen atoms in total. The standard InChI is InChI=1S/C17H15F3N2O2/c1-10-4-3-5-11(2)14(10)21-16(23)15(22-24)12-6-8-13(9-7-12)17(18,19)20/h3-9,24H,1-2H3,(H,21,23)/b22-15-. The first kappa shape index (κ1) is 17.5. The lowest BCUT2D eigenvalue weighted by Gasteiger charge is -2.12. The van der Waals surface area contributed by atoms with E-state index in [1.165, 1.54) is 0 Å². The lowest BCUT2D eigenvalue weighted by Crippen LogP contribution is -2.25. The predicted molar refractivity (Wildman–Crippen MR) is 84.3 cm³/mol. The largest absolute Gasteiger partial charge is 0.416 e. The molecule has 0 unspecified atom stereocenters. The Morgan fingerprint density at radius 1 is 1.04 bits per heavy atom. The number of hydrogen-bond acceptors (Lipinski definition) is 3. The Labute approximate surface area is 136 Å². The Morgan fingerprint density at radius 3 is 2.04 bits per heavy atom. The van der Waals surface area contributed by atoms with Crippen LogP contribution in [0.4, 0.5) is 18.9 Å². The molecule has 0 spiro atoms. The van der Waals surface area contributed by atoms with Crippen molar-refractivity contribution in [2.24, 2.45) is 5.16 Å². The minimum atomic E-state index is -4.48. The number of hydrogen-bond donors (Lipinski definition) is 2. The van der Waals surface area contributed by atoms with Crippen molar-refractivity contribution in [1.82, 2.24) is 0 Å². The van der Waals surface area contributed by atoms with E-state index >= 15 is 0 Å². The zero-order valence-corrected chi connectivity index (χ0v) is 13.0. The van der Waals surface area contributed by atoms with Crippen LogP contribution in [0.15, 0.2) is 47.6 Å². The molecule has 0 bridgehead atoms. The summed E-state index contributed by atoms with van der Waals surface area (Å²) in [4.78, 5) is 12.3. The summed E-state index contributed by atoms with van der Waals surface area (Å²) < 4.78 is 37.7. The van der Waals surface area contributed by atoms with Gasteiger partial charge in [0.25, 0.3) is 5.91 Å². The van der Waals surface area contributed by atoms with E-state index in [-0.39, 0.29) is 11.3 Å². The van der Waals surface area contributed by atoms with E-state index in [1.807, 2.05) is 6.07 Å². The third-order valence-electron chi connectivity index (χ3n) is 3.52.